The van der Waals surface area contributed by atoms with Crippen LogP contribution in [0.15, 0.2) is 30.6 Å². The maximum absolute atomic E-state index is 5.26. The number of methoxy groups -OCH3 is 1. The van der Waals surface area contributed by atoms with Gasteiger partial charge in [0.15, 0.2) is 5.82 Å². The van der Waals surface area contributed by atoms with Gasteiger partial charge < -0.3 is 4.74 Å². The first-order valence-corrected chi connectivity index (χ1v) is 6.56. The molecule has 2 heterocycles. The number of benzene rings is 1. The van der Waals surface area contributed by atoms with E-state index < -0.39 is 0 Å². The Morgan fingerprint density at radius 1 is 1.25 bits per heavy atom. The van der Waals surface area contributed by atoms with Crippen LogP contribution in [0.4, 0.5) is 0 Å². The maximum atomic E-state index is 5.26. The zero-order chi connectivity index (χ0) is 14.1. The van der Waals surface area contributed by atoms with E-state index in [0.717, 1.165) is 40.3 Å². The first kappa shape index (κ1) is 12.6. The van der Waals surface area contributed by atoms with Crippen LogP contribution in [0.1, 0.15) is 12.5 Å². The summed E-state index contributed by atoms with van der Waals surface area (Å²) in [5.74, 6) is 1.64. The molecule has 102 valence electrons. The topological polar surface area (TPSA) is 52.8 Å². The average molecular weight is 268 g/mol. The first-order chi connectivity index (χ1) is 9.72. The molecular weight excluding hydrogens is 252 g/mol. The molecule has 2 aromatic heterocycles. The molecule has 0 aliphatic carbocycles. The molecule has 5 heteroatoms. The van der Waals surface area contributed by atoms with E-state index in [1.165, 1.54) is 0 Å². The van der Waals surface area contributed by atoms with Gasteiger partial charge in [0.25, 0.3) is 0 Å². The highest BCUT2D eigenvalue weighted by Gasteiger charge is 2.11. The molecule has 0 radical (unpaired) electrons. The molecule has 3 aromatic rings. The largest absolute Gasteiger partial charge is 0.497 e. The fourth-order valence-corrected chi connectivity index (χ4v) is 2.31. The normalized spacial score (nSPS) is 10.9. The molecule has 0 amide bonds. The van der Waals surface area contributed by atoms with Crippen molar-refractivity contribution in [1.29, 1.82) is 0 Å². The van der Waals surface area contributed by atoms with Gasteiger partial charge in [-0.3, -0.25) is 0 Å². The Morgan fingerprint density at radius 2 is 2.10 bits per heavy atom. The van der Waals surface area contributed by atoms with Gasteiger partial charge in [-0.25, -0.2) is 14.6 Å². The predicted octanol–water partition coefficient (Wildman–Crippen LogP) is 2.83. The molecule has 0 aliphatic heterocycles. The summed E-state index contributed by atoms with van der Waals surface area (Å²) in [5.41, 5.74) is 2.93. The van der Waals surface area contributed by atoms with Crippen LogP contribution >= 0.6 is 0 Å². The number of fused-ring (bicyclic) bond motifs is 1. The van der Waals surface area contributed by atoms with Gasteiger partial charge in [-0.15, -0.1) is 0 Å². The van der Waals surface area contributed by atoms with Gasteiger partial charge in [0.1, 0.15) is 17.8 Å². The summed E-state index contributed by atoms with van der Waals surface area (Å²) in [5, 5.41) is 5.29. The Balaban J connectivity index is 2.20. The first-order valence-electron chi connectivity index (χ1n) is 6.56. The lowest BCUT2D eigenvalue weighted by atomic mass is 10.1. The van der Waals surface area contributed by atoms with Crippen LogP contribution < -0.4 is 4.74 Å². The van der Waals surface area contributed by atoms with Crippen molar-refractivity contribution in [2.45, 2.75) is 20.4 Å². The number of rotatable bonds is 3. The van der Waals surface area contributed by atoms with Crippen LogP contribution in [0.25, 0.3) is 22.4 Å². The minimum absolute atomic E-state index is 0.775. The molecule has 1 aromatic carbocycles. The van der Waals surface area contributed by atoms with Crippen molar-refractivity contribution >= 4 is 10.9 Å². The highest BCUT2D eigenvalue weighted by atomic mass is 16.5. The van der Waals surface area contributed by atoms with Crippen LogP contribution in [-0.4, -0.2) is 26.9 Å². The Bertz CT molecular complexity index is 764. The molecular formula is C15H16N4O. The molecule has 5 nitrogen and oxygen atoms in total. The summed E-state index contributed by atoms with van der Waals surface area (Å²) < 4.78 is 7.11. The van der Waals surface area contributed by atoms with Crippen LogP contribution in [0, 0.1) is 6.92 Å². The van der Waals surface area contributed by atoms with Crippen molar-refractivity contribution in [3.05, 3.63) is 36.2 Å². The van der Waals surface area contributed by atoms with E-state index in [-0.39, 0.29) is 0 Å². The average Bonchev–Trinajstić information content (AvgIpc) is 2.95. The minimum Gasteiger partial charge on any atom is -0.497 e. The molecule has 3 rings (SSSR count). The van der Waals surface area contributed by atoms with E-state index in [9.17, 15) is 0 Å². The smallest absolute Gasteiger partial charge is 0.176 e. The summed E-state index contributed by atoms with van der Waals surface area (Å²) in [6.07, 6.45) is 1.56. The molecule has 20 heavy (non-hydrogen) atoms. The van der Waals surface area contributed by atoms with E-state index in [1.54, 1.807) is 13.4 Å². The van der Waals surface area contributed by atoms with Crippen molar-refractivity contribution < 1.29 is 4.74 Å². The SMILES string of the molecule is CCn1ncnc1-c1cc(C)c2cc(OC)ccc2n1. The van der Waals surface area contributed by atoms with Crippen LogP contribution in [0.2, 0.25) is 0 Å². The number of ether oxygens (including phenoxy) is 1. The molecule has 0 atom stereocenters. The second-order valence-electron chi connectivity index (χ2n) is 4.61. The molecule has 0 aliphatic rings. The van der Waals surface area contributed by atoms with Crippen molar-refractivity contribution in [3.8, 4) is 17.3 Å². The molecule has 0 N–H and O–H groups in total. The fraction of sp³-hybridized carbons (Fsp3) is 0.267. The Hall–Kier alpha value is -2.43. The molecule has 0 unspecified atom stereocenters. The summed E-state index contributed by atoms with van der Waals surface area (Å²) in [6.45, 7) is 4.88. The Morgan fingerprint density at radius 3 is 2.85 bits per heavy atom. The zero-order valence-electron chi connectivity index (χ0n) is 11.8. The summed E-state index contributed by atoms with van der Waals surface area (Å²) in [6, 6.07) is 7.93. The molecule has 0 saturated heterocycles. The van der Waals surface area contributed by atoms with Crippen LogP contribution in [0.3, 0.4) is 0 Å². The predicted molar refractivity (Wildman–Crippen MR) is 77.7 cm³/mol. The maximum Gasteiger partial charge on any atom is 0.176 e. The third kappa shape index (κ3) is 2.01. The second kappa shape index (κ2) is 4.92. The number of aromatic nitrogens is 4. The van der Waals surface area contributed by atoms with Gasteiger partial charge >= 0.3 is 0 Å². The number of aryl methyl sites for hydroxylation is 2. The van der Waals surface area contributed by atoms with Gasteiger partial charge in [-0.1, -0.05) is 0 Å². The van der Waals surface area contributed by atoms with Crippen molar-refractivity contribution in [3.63, 3.8) is 0 Å². The molecule has 0 bridgehead atoms. The summed E-state index contributed by atoms with van der Waals surface area (Å²) >= 11 is 0. The van der Waals surface area contributed by atoms with Crippen molar-refractivity contribution in [2.75, 3.05) is 7.11 Å². The molecule has 0 fully saturated rings. The Labute approximate surface area is 117 Å². The standard InChI is InChI=1S/C15H16N4O/c1-4-19-15(16-9-17-19)14-7-10(2)12-8-11(20-3)5-6-13(12)18-14/h5-9H,4H2,1-3H3. The van der Waals surface area contributed by atoms with E-state index in [0.29, 0.717) is 0 Å². The van der Waals surface area contributed by atoms with Crippen molar-refractivity contribution in [2.24, 2.45) is 0 Å². The van der Waals surface area contributed by atoms with Gasteiger partial charge in [-0.2, -0.15) is 5.10 Å². The van der Waals surface area contributed by atoms with Gasteiger partial charge in [0.05, 0.1) is 12.6 Å². The molecule has 0 saturated carbocycles. The third-order valence-electron chi connectivity index (χ3n) is 3.37. The van der Waals surface area contributed by atoms with E-state index in [2.05, 4.69) is 22.0 Å². The lowest BCUT2D eigenvalue weighted by molar-refractivity contribution is 0.415. The number of nitrogens with zero attached hydrogens (tertiary/aromatic N) is 4. The second-order valence-corrected chi connectivity index (χ2v) is 4.61. The number of hydrogen-bond donors (Lipinski definition) is 0. The lowest BCUT2D eigenvalue weighted by Gasteiger charge is -2.08. The minimum atomic E-state index is 0.775. The van der Waals surface area contributed by atoms with Crippen molar-refractivity contribution in [1.82, 2.24) is 19.7 Å². The fourth-order valence-electron chi connectivity index (χ4n) is 2.31. The van der Waals surface area contributed by atoms with Gasteiger partial charge in [0, 0.05) is 11.9 Å². The molecule has 0 spiro atoms. The monoisotopic (exact) mass is 268 g/mol. The summed E-state index contributed by atoms with van der Waals surface area (Å²) in [4.78, 5) is 8.99. The van der Waals surface area contributed by atoms with E-state index >= 15 is 0 Å². The quantitative estimate of drug-likeness (QED) is 0.733. The van der Waals surface area contributed by atoms with Gasteiger partial charge in [-0.05, 0) is 43.7 Å². The zero-order valence-corrected chi connectivity index (χ0v) is 11.8. The Kier molecular flexibility index (Phi) is 3.10. The number of pyridine rings is 1. The van der Waals surface area contributed by atoms with Gasteiger partial charge in [0.2, 0.25) is 0 Å². The van der Waals surface area contributed by atoms with Crippen LogP contribution in [0.5, 0.6) is 5.75 Å². The lowest BCUT2D eigenvalue weighted by Crippen LogP contribution is -2.01. The number of hydrogen-bond acceptors (Lipinski definition) is 4. The third-order valence-corrected chi connectivity index (χ3v) is 3.37. The van der Waals surface area contributed by atoms with E-state index in [4.69, 9.17) is 4.74 Å². The van der Waals surface area contributed by atoms with E-state index in [1.807, 2.05) is 35.9 Å². The summed E-state index contributed by atoms with van der Waals surface area (Å²) in [7, 11) is 1.67. The highest BCUT2D eigenvalue weighted by Crippen LogP contribution is 2.26. The highest BCUT2D eigenvalue weighted by molar-refractivity contribution is 5.85. The van der Waals surface area contributed by atoms with Crippen LogP contribution in [-0.2, 0) is 6.54 Å².